The Morgan fingerprint density at radius 3 is 2.65 bits per heavy atom. The molecule has 0 radical (unpaired) electrons. The highest BCUT2D eigenvalue weighted by molar-refractivity contribution is 7.21. The van der Waals surface area contributed by atoms with Gasteiger partial charge in [-0.25, -0.2) is 9.97 Å². The number of hydrogen-bond acceptors (Lipinski definition) is 10. The molecular formula is C30H29N5O3S2. The van der Waals surface area contributed by atoms with Gasteiger partial charge in [-0.3, -0.25) is 0 Å². The van der Waals surface area contributed by atoms with E-state index in [0.29, 0.717) is 12.5 Å². The first-order valence-corrected chi connectivity index (χ1v) is 15.2. The van der Waals surface area contributed by atoms with Crippen LogP contribution in [0.2, 0.25) is 0 Å². The van der Waals surface area contributed by atoms with Crippen LogP contribution in [0, 0.1) is 12.8 Å². The topological polar surface area (TPSA) is 101 Å². The van der Waals surface area contributed by atoms with Crippen molar-refractivity contribution in [1.29, 1.82) is 0 Å². The number of fused-ring (bicyclic) bond motifs is 2. The first-order chi connectivity index (χ1) is 19.3. The quantitative estimate of drug-likeness (QED) is 0.230. The molecule has 3 N–H and O–H groups in total. The molecule has 1 aliphatic heterocycles. The third-order valence-corrected chi connectivity index (χ3v) is 10.5. The Kier molecular flexibility index (Phi) is 5.34. The lowest BCUT2D eigenvalue weighted by Gasteiger charge is -2.26. The van der Waals surface area contributed by atoms with Crippen LogP contribution in [0.1, 0.15) is 30.8 Å². The molecule has 0 amide bonds. The number of rotatable bonds is 6. The molecule has 3 aliphatic rings. The monoisotopic (exact) mass is 571 g/mol. The van der Waals surface area contributed by atoms with Crippen LogP contribution in [-0.2, 0) is 16.0 Å². The molecule has 2 aliphatic carbocycles. The van der Waals surface area contributed by atoms with Crippen molar-refractivity contribution in [1.82, 2.24) is 15.0 Å². The van der Waals surface area contributed by atoms with Gasteiger partial charge in [0.2, 0.25) is 5.95 Å². The van der Waals surface area contributed by atoms with E-state index < -0.39 is 17.5 Å². The second-order valence-electron chi connectivity index (χ2n) is 11.4. The number of thiophene rings is 1. The number of hydrogen-bond donors (Lipinski definition) is 3. The highest BCUT2D eigenvalue weighted by Crippen LogP contribution is 2.65. The summed E-state index contributed by atoms with van der Waals surface area (Å²) < 4.78 is 15.0. The van der Waals surface area contributed by atoms with Gasteiger partial charge in [0.05, 0.1) is 40.2 Å². The lowest BCUT2D eigenvalue weighted by Crippen LogP contribution is -2.40. The van der Waals surface area contributed by atoms with Gasteiger partial charge in [0.1, 0.15) is 22.5 Å². The minimum absolute atomic E-state index is 0.0520. The predicted molar refractivity (Wildman–Crippen MR) is 159 cm³/mol. The summed E-state index contributed by atoms with van der Waals surface area (Å²) in [5.41, 5.74) is 2.05. The van der Waals surface area contributed by atoms with E-state index in [1.54, 1.807) is 22.7 Å². The summed E-state index contributed by atoms with van der Waals surface area (Å²) >= 11 is 3.41. The molecule has 40 heavy (non-hydrogen) atoms. The Bertz CT molecular complexity index is 1720. The average molecular weight is 572 g/mol. The van der Waals surface area contributed by atoms with Crippen LogP contribution in [0.5, 0.6) is 0 Å². The van der Waals surface area contributed by atoms with E-state index in [-0.39, 0.29) is 18.1 Å². The molecule has 3 fully saturated rings. The zero-order valence-electron chi connectivity index (χ0n) is 22.3. The van der Waals surface area contributed by atoms with Gasteiger partial charge in [-0.2, -0.15) is 4.98 Å². The van der Waals surface area contributed by atoms with Gasteiger partial charge >= 0.3 is 0 Å². The number of aromatic nitrogens is 3. The molecular weight excluding hydrogens is 542 g/mol. The predicted octanol–water partition coefficient (Wildman–Crippen LogP) is 5.95. The van der Waals surface area contributed by atoms with Crippen LogP contribution < -0.4 is 10.6 Å². The van der Waals surface area contributed by atoms with Crippen LogP contribution in [0.3, 0.4) is 0 Å². The van der Waals surface area contributed by atoms with Crippen molar-refractivity contribution in [3.05, 3.63) is 65.2 Å². The van der Waals surface area contributed by atoms with Gasteiger partial charge in [-0.15, -0.1) is 22.7 Å². The summed E-state index contributed by atoms with van der Waals surface area (Å²) in [6.45, 7) is 6.47. The van der Waals surface area contributed by atoms with Crippen molar-refractivity contribution in [3.8, 4) is 10.6 Å². The first-order valence-electron chi connectivity index (χ1n) is 13.6. The highest BCUT2D eigenvalue weighted by Gasteiger charge is 2.81. The van der Waals surface area contributed by atoms with Crippen molar-refractivity contribution >= 4 is 54.7 Å². The van der Waals surface area contributed by atoms with E-state index in [2.05, 4.69) is 47.0 Å². The maximum Gasteiger partial charge on any atom is 0.225 e. The summed E-state index contributed by atoms with van der Waals surface area (Å²) in [6, 6.07) is 18.7. The van der Waals surface area contributed by atoms with E-state index in [0.717, 1.165) is 38.7 Å². The number of benzene rings is 2. The minimum Gasteiger partial charge on any atom is -0.390 e. The molecule has 10 heteroatoms. The molecule has 8 rings (SSSR count). The summed E-state index contributed by atoms with van der Waals surface area (Å²) in [7, 11) is 0. The van der Waals surface area contributed by atoms with Crippen molar-refractivity contribution < 1.29 is 14.6 Å². The van der Waals surface area contributed by atoms with Gasteiger partial charge in [0.25, 0.3) is 0 Å². The third kappa shape index (κ3) is 3.77. The number of para-hydroxylation sites is 1. The number of aliphatic hydroxyl groups excluding tert-OH is 1. The molecule has 204 valence electrons. The van der Waals surface area contributed by atoms with Crippen molar-refractivity contribution in [3.63, 3.8) is 0 Å². The summed E-state index contributed by atoms with van der Waals surface area (Å²) in [5, 5.41) is 19.9. The normalized spacial score (nSPS) is 28.1. The van der Waals surface area contributed by atoms with Crippen molar-refractivity contribution in [2.45, 2.75) is 63.4 Å². The second-order valence-corrected chi connectivity index (χ2v) is 13.6. The summed E-state index contributed by atoms with van der Waals surface area (Å²) in [6.07, 6.45) is -0.0166. The molecule has 0 bridgehead atoms. The van der Waals surface area contributed by atoms with Crippen molar-refractivity contribution in [2.75, 3.05) is 10.6 Å². The first kappa shape index (κ1) is 24.6. The van der Waals surface area contributed by atoms with Gasteiger partial charge < -0.3 is 25.2 Å². The number of aryl methyl sites for hydroxylation is 1. The van der Waals surface area contributed by atoms with Crippen LogP contribution in [-0.4, -0.2) is 49.7 Å². The fourth-order valence-corrected chi connectivity index (χ4v) is 8.62. The van der Waals surface area contributed by atoms with Gasteiger partial charge in [0.15, 0.2) is 5.79 Å². The van der Waals surface area contributed by atoms with E-state index in [1.165, 1.54) is 15.0 Å². The second kappa shape index (κ2) is 8.67. The molecule has 5 aromatic rings. The van der Waals surface area contributed by atoms with Crippen LogP contribution >= 0.6 is 22.7 Å². The Hall–Kier alpha value is -3.15. The molecule has 8 nitrogen and oxygen atoms in total. The molecule has 3 aromatic heterocycles. The third-order valence-electron chi connectivity index (χ3n) is 8.28. The summed E-state index contributed by atoms with van der Waals surface area (Å²) in [5.74, 6) is 0.588. The number of ether oxygens (including phenoxy) is 2. The fourth-order valence-electron chi connectivity index (χ4n) is 6.56. The van der Waals surface area contributed by atoms with E-state index in [4.69, 9.17) is 24.4 Å². The van der Waals surface area contributed by atoms with E-state index in [9.17, 15) is 5.11 Å². The van der Waals surface area contributed by atoms with Crippen molar-refractivity contribution in [2.24, 2.45) is 5.92 Å². The van der Waals surface area contributed by atoms with Crippen LogP contribution in [0.15, 0.2) is 54.6 Å². The lowest BCUT2D eigenvalue weighted by molar-refractivity contribution is -0.157. The lowest BCUT2D eigenvalue weighted by atomic mass is 10.1. The Labute approximate surface area is 239 Å². The summed E-state index contributed by atoms with van der Waals surface area (Å²) in [4.78, 5) is 16.0. The fraction of sp³-hybridized carbons (Fsp3) is 0.367. The molecule has 1 saturated heterocycles. The zero-order valence-corrected chi connectivity index (χ0v) is 24.0. The number of thiazole rings is 1. The maximum absolute atomic E-state index is 10.7. The van der Waals surface area contributed by atoms with Crippen LogP contribution in [0.25, 0.3) is 30.9 Å². The Morgan fingerprint density at radius 1 is 1.02 bits per heavy atom. The molecule has 4 heterocycles. The van der Waals surface area contributed by atoms with E-state index >= 15 is 0 Å². The molecule has 2 saturated carbocycles. The van der Waals surface area contributed by atoms with Gasteiger partial charge in [-0.1, -0.05) is 30.3 Å². The van der Waals surface area contributed by atoms with Gasteiger partial charge in [-0.05, 0) is 56.8 Å². The number of nitrogens with zero attached hydrogens (tertiary/aromatic N) is 3. The maximum atomic E-state index is 10.7. The number of aliphatic hydroxyl groups is 1. The average Bonchev–Trinajstić information content (AvgIpc) is 3.44. The number of anilines is 2. The van der Waals surface area contributed by atoms with Gasteiger partial charge in [0, 0.05) is 15.5 Å². The Morgan fingerprint density at radius 2 is 1.82 bits per heavy atom. The number of nitrogens with one attached hydrogen (secondary N) is 2. The molecule has 5 unspecified atom stereocenters. The Balaban J connectivity index is 1.15. The molecule has 5 atom stereocenters. The zero-order chi connectivity index (χ0) is 27.2. The van der Waals surface area contributed by atoms with E-state index in [1.807, 2.05) is 39.0 Å². The minimum atomic E-state index is -0.741. The SMILES string of the molecule is Cc1nc(NCc2cc3ccccc3s2)nc(NC2CC3C(O)C34OC(C)(C)OC24)c1-c1nc2ccccc2s1. The molecule has 1 spiro atoms. The smallest absolute Gasteiger partial charge is 0.225 e. The standard InChI is InChI=1S/C30H29N5O3S2/c1-15-23(27-34-19-9-5-7-11-22(19)40-27)26(33-20-13-18-24(36)30(18)25(20)37-29(2,3)38-30)35-28(32-15)31-14-17-12-16-8-4-6-10-21(16)39-17/h4-12,18,20,24-25,36H,13-14H2,1-3H3,(H2,31,32,33,35). The largest absolute Gasteiger partial charge is 0.390 e. The van der Waals surface area contributed by atoms with Crippen LogP contribution in [0.4, 0.5) is 11.8 Å². The molecule has 2 aromatic carbocycles. The highest BCUT2D eigenvalue weighted by atomic mass is 32.1.